The summed E-state index contributed by atoms with van der Waals surface area (Å²) < 4.78 is 43.1. The Balaban J connectivity index is 1.46. The smallest absolute Gasteiger partial charge is 0.241 e. The van der Waals surface area contributed by atoms with Gasteiger partial charge in [0.15, 0.2) is 11.6 Å². The van der Waals surface area contributed by atoms with E-state index in [0.717, 1.165) is 42.9 Å². The van der Waals surface area contributed by atoms with E-state index >= 15 is 0 Å². The normalized spacial score (nSPS) is 17.4. The monoisotopic (exact) mass is 504 g/mol. The lowest BCUT2D eigenvalue weighted by atomic mass is 10.1. The molecular formula is C22H25FN6O3S2. The first-order valence-electron chi connectivity index (χ1n) is 10.5. The minimum absolute atomic E-state index is 0.00549. The van der Waals surface area contributed by atoms with E-state index in [-0.39, 0.29) is 22.4 Å². The van der Waals surface area contributed by atoms with Crippen molar-refractivity contribution in [1.82, 2.24) is 14.9 Å². The summed E-state index contributed by atoms with van der Waals surface area (Å²) in [5, 5.41) is 11.1. The third kappa shape index (κ3) is 6.07. The Hall–Kier alpha value is -3.09. The van der Waals surface area contributed by atoms with E-state index in [0.29, 0.717) is 5.69 Å². The van der Waals surface area contributed by atoms with Crippen LogP contribution in [-0.2, 0) is 10.0 Å². The lowest BCUT2D eigenvalue weighted by Crippen LogP contribution is -2.28. The van der Waals surface area contributed by atoms with E-state index in [1.54, 1.807) is 6.07 Å². The molecule has 180 valence electrons. The van der Waals surface area contributed by atoms with Crippen LogP contribution in [0, 0.1) is 5.82 Å². The quantitative estimate of drug-likeness (QED) is 0.522. The van der Waals surface area contributed by atoms with Gasteiger partial charge in [-0.25, -0.2) is 22.9 Å². The van der Waals surface area contributed by atoms with Crippen LogP contribution >= 0.6 is 11.8 Å². The summed E-state index contributed by atoms with van der Waals surface area (Å²) in [6, 6.07) is 4.33. The Morgan fingerprint density at radius 3 is 2.71 bits per heavy atom. The van der Waals surface area contributed by atoms with Crippen LogP contribution < -0.4 is 20.5 Å². The maximum absolute atomic E-state index is 14.4. The molecule has 2 aromatic rings. The molecule has 0 amide bonds. The highest BCUT2D eigenvalue weighted by Gasteiger charge is 2.17. The minimum atomic E-state index is -4.01. The van der Waals surface area contributed by atoms with Gasteiger partial charge in [-0.2, -0.15) is 16.7 Å². The van der Waals surface area contributed by atoms with Gasteiger partial charge in [0.05, 0.1) is 13.3 Å². The molecule has 0 atom stereocenters. The fourth-order valence-electron chi connectivity index (χ4n) is 3.45. The Morgan fingerprint density at radius 2 is 2.03 bits per heavy atom. The number of rotatable bonds is 7. The number of benzene rings is 1. The van der Waals surface area contributed by atoms with Crippen molar-refractivity contribution in [3.05, 3.63) is 65.9 Å². The molecular weight excluding hydrogens is 479 g/mol. The zero-order valence-electron chi connectivity index (χ0n) is 18.5. The maximum Gasteiger partial charge on any atom is 0.241 e. The highest BCUT2D eigenvalue weighted by molar-refractivity contribution is 7.99. The molecule has 1 fully saturated rings. The second-order valence-corrected chi connectivity index (χ2v) is 10.4. The molecule has 1 aliphatic carbocycles. The first-order chi connectivity index (χ1) is 16.3. The van der Waals surface area contributed by atoms with E-state index in [2.05, 4.69) is 31.7 Å². The van der Waals surface area contributed by atoms with Gasteiger partial charge in [-0.05, 0) is 36.3 Å². The van der Waals surface area contributed by atoms with Crippen molar-refractivity contribution in [2.75, 3.05) is 42.3 Å². The van der Waals surface area contributed by atoms with Crippen LogP contribution in [0.25, 0.3) is 0 Å². The molecule has 9 nitrogen and oxygen atoms in total. The van der Waals surface area contributed by atoms with E-state index in [4.69, 9.17) is 9.88 Å². The number of hydrogen-bond acceptors (Lipinski definition) is 9. The van der Waals surface area contributed by atoms with Crippen LogP contribution in [-0.4, -0.2) is 55.0 Å². The van der Waals surface area contributed by atoms with Crippen LogP contribution in [0.15, 0.2) is 65.0 Å². The van der Waals surface area contributed by atoms with Gasteiger partial charge in [0, 0.05) is 42.2 Å². The third-order valence-corrected chi connectivity index (χ3v) is 7.04. The second-order valence-electron chi connectivity index (χ2n) is 7.60. The molecule has 1 saturated heterocycles. The average molecular weight is 505 g/mol. The van der Waals surface area contributed by atoms with Crippen LogP contribution in [0.5, 0.6) is 5.75 Å². The fourth-order valence-corrected chi connectivity index (χ4v) is 5.10. The molecule has 4 N–H and O–H groups in total. The summed E-state index contributed by atoms with van der Waals surface area (Å²) in [5.41, 5.74) is 2.26. The van der Waals surface area contributed by atoms with Crippen molar-refractivity contribution in [1.29, 1.82) is 0 Å². The molecule has 34 heavy (non-hydrogen) atoms. The van der Waals surface area contributed by atoms with Crippen molar-refractivity contribution in [3.63, 3.8) is 0 Å². The highest BCUT2D eigenvalue weighted by Crippen LogP contribution is 2.28. The summed E-state index contributed by atoms with van der Waals surface area (Å²) in [4.78, 5) is 10.3. The van der Waals surface area contributed by atoms with Gasteiger partial charge in [0.25, 0.3) is 0 Å². The number of primary sulfonamides is 1. The second kappa shape index (κ2) is 10.5. The Kier molecular flexibility index (Phi) is 7.39. The summed E-state index contributed by atoms with van der Waals surface area (Å²) >= 11 is 1.97. The lowest BCUT2D eigenvalue weighted by molar-refractivity contribution is 0.403. The number of nitrogens with two attached hydrogens (primary N) is 1. The Labute approximate surface area is 202 Å². The molecule has 12 heteroatoms. The number of anilines is 3. The zero-order valence-corrected chi connectivity index (χ0v) is 20.1. The standard InChI is InChI=1S/C22H25FN6O3S2/c1-32-19-7-6-17(12-20(19)34(24,30)31)27-22-25-13-18(23)21(28-22)26-16-4-2-15(3-5-16)14-29-8-10-33-11-9-29/h2,4-7,12-14H,3,8-11H2,1H3,(H2,24,30,31)(H2,25,26,27,28). The van der Waals surface area contributed by atoms with Gasteiger partial charge in [-0.15, -0.1) is 0 Å². The fraction of sp³-hybridized carbons (Fsp3) is 0.273. The molecule has 0 radical (unpaired) electrons. The van der Waals surface area contributed by atoms with Gasteiger partial charge >= 0.3 is 0 Å². The van der Waals surface area contributed by atoms with Crippen LogP contribution in [0.1, 0.15) is 6.42 Å². The van der Waals surface area contributed by atoms with Crippen LogP contribution in [0.4, 0.5) is 21.8 Å². The predicted molar refractivity (Wildman–Crippen MR) is 132 cm³/mol. The summed E-state index contributed by atoms with van der Waals surface area (Å²) in [6.45, 7) is 2.09. The molecule has 0 bridgehead atoms. The Morgan fingerprint density at radius 1 is 1.24 bits per heavy atom. The van der Waals surface area contributed by atoms with Gasteiger partial charge < -0.3 is 20.3 Å². The van der Waals surface area contributed by atoms with E-state index < -0.39 is 15.8 Å². The minimum Gasteiger partial charge on any atom is -0.495 e. The Bertz CT molecular complexity index is 1260. The molecule has 1 aromatic heterocycles. The maximum atomic E-state index is 14.4. The SMILES string of the molecule is COc1ccc(Nc2ncc(F)c(NC3=CCC(=CN4CCSCC4)C=C3)n2)cc1S(N)(=O)=O. The summed E-state index contributed by atoms with van der Waals surface area (Å²) in [5.74, 6) is 1.84. The first-order valence-corrected chi connectivity index (χ1v) is 13.2. The number of aromatic nitrogens is 2. The number of halogens is 1. The third-order valence-electron chi connectivity index (χ3n) is 5.16. The zero-order chi connectivity index (χ0) is 24.1. The predicted octanol–water partition coefficient (Wildman–Crippen LogP) is 3.20. The summed E-state index contributed by atoms with van der Waals surface area (Å²) in [6.07, 6.45) is 9.80. The molecule has 1 aromatic carbocycles. The number of nitrogens with one attached hydrogen (secondary N) is 2. The number of methoxy groups -OCH3 is 1. The van der Waals surface area contributed by atoms with E-state index in [9.17, 15) is 12.8 Å². The molecule has 1 aliphatic heterocycles. The van der Waals surface area contributed by atoms with Crippen molar-refractivity contribution in [2.24, 2.45) is 5.14 Å². The van der Waals surface area contributed by atoms with Gasteiger partial charge in [-0.3, -0.25) is 0 Å². The molecule has 0 spiro atoms. The number of nitrogens with zero attached hydrogens (tertiary/aromatic N) is 3. The van der Waals surface area contributed by atoms with Crippen molar-refractivity contribution < 1.29 is 17.5 Å². The number of thioether (sulfide) groups is 1. The highest BCUT2D eigenvalue weighted by atomic mass is 32.2. The molecule has 0 unspecified atom stereocenters. The average Bonchev–Trinajstić information content (AvgIpc) is 2.82. The van der Waals surface area contributed by atoms with Crippen LogP contribution in [0.2, 0.25) is 0 Å². The van der Waals surface area contributed by atoms with Crippen molar-refractivity contribution in [3.8, 4) is 5.75 Å². The number of sulfonamides is 1. The van der Waals surface area contributed by atoms with Gasteiger partial charge in [0.2, 0.25) is 16.0 Å². The van der Waals surface area contributed by atoms with Crippen molar-refractivity contribution in [2.45, 2.75) is 11.3 Å². The molecule has 2 aliphatic rings. The largest absolute Gasteiger partial charge is 0.495 e. The number of hydrogen-bond donors (Lipinski definition) is 3. The number of allylic oxidation sites excluding steroid dienone is 4. The molecule has 0 saturated carbocycles. The van der Waals surface area contributed by atoms with Crippen LogP contribution in [0.3, 0.4) is 0 Å². The topological polar surface area (TPSA) is 122 Å². The van der Waals surface area contributed by atoms with Gasteiger partial charge in [-0.1, -0.05) is 12.2 Å². The number of ether oxygens (including phenoxy) is 1. The van der Waals surface area contributed by atoms with Crippen molar-refractivity contribution >= 4 is 39.2 Å². The summed E-state index contributed by atoms with van der Waals surface area (Å²) in [7, 11) is -2.67. The lowest BCUT2D eigenvalue weighted by Gasteiger charge is -2.26. The first kappa shape index (κ1) is 24.0. The molecule has 4 rings (SSSR count). The van der Waals surface area contributed by atoms with E-state index in [1.807, 2.05) is 30.0 Å². The molecule has 2 heterocycles. The van der Waals surface area contributed by atoms with Gasteiger partial charge in [0.1, 0.15) is 10.6 Å². The van der Waals surface area contributed by atoms with E-state index in [1.165, 1.54) is 24.8 Å².